The van der Waals surface area contributed by atoms with Crippen LogP contribution in [0.25, 0.3) is 0 Å². The number of aliphatic hydroxyl groups is 1. The first-order valence-corrected chi connectivity index (χ1v) is 7.26. The fourth-order valence-electron chi connectivity index (χ4n) is 2.45. The van der Waals surface area contributed by atoms with Crippen molar-refractivity contribution >= 4 is 5.97 Å². The van der Waals surface area contributed by atoms with Crippen molar-refractivity contribution in [1.29, 1.82) is 5.26 Å². The zero-order chi connectivity index (χ0) is 16.8. The van der Waals surface area contributed by atoms with Gasteiger partial charge in [0.15, 0.2) is 0 Å². The minimum absolute atomic E-state index is 0.00426. The zero-order valence-corrected chi connectivity index (χ0v) is 12.9. The first kappa shape index (κ1) is 17.1. The summed E-state index contributed by atoms with van der Waals surface area (Å²) in [6.07, 6.45) is 0.502. The quantitative estimate of drug-likeness (QED) is 0.708. The lowest BCUT2D eigenvalue weighted by Crippen LogP contribution is -2.43. The highest BCUT2D eigenvalue weighted by Gasteiger charge is 2.18. The summed E-state index contributed by atoms with van der Waals surface area (Å²) < 4.78 is 11.0. The van der Waals surface area contributed by atoms with Crippen molar-refractivity contribution in [3.63, 3.8) is 0 Å². The number of rotatable bonds is 5. The Bertz CT molecular complexity index is 658. The highest BCUT2D eigenvalue weighted by atomic mass is 16.5. The molecular weight excluding hydrogens is 302 g/mol. The minimum Gasteiger partial charge on any atom is -0.465 e. The molecule has 0 aromatic carbocycles. The standard InChI is InChI=1S/C15H19N3O5/c1-22-15(21)12-6-11(7-16)14(20)18(8-12)10-13(19)9-17-2-4-23-5-3-17/h6,8,13,19H,2-5,9-10H2,1H3. The van der Waals surface area contributed by atoms with Gasteiger partial charge >= 0.3 is 5.97 Å². The molecule has 0 saturated carbocycles. The number of carbonyl (C=O) groups excluding carboxylic acids is 1. The number of methoxy groups -OCH3 is 1. The molecule has 1 aliphatic rings. The van der Waals surface area contributed by atoms with Crippen molar-refractivity contribution in [1.82, 2.24) is 9.47 Å². The van der Waals surface area contributed by atoms with E-state index in [0.717, 1.165) is 13.1 Å². The number of ether oxygens (including phenoxy) is 2. The topological polar surface area (TPSA) is 105 Å². The summed E-state index contributed by atoms with van der Waals surface area (Å²) >= 11 is 0. The van der Waals surface area contributed by atoms with Gasteiger partial charge in [0.05, 0.1) is 38.5 Å². The fourth-order valence-corrected chi connectivity index (χ4v) is 2.45. The molecule has 1 atom stereocenters. The van der Waals surface area contributed by atoms with Crippen molar-refractivity contribution in [3.05, 3.63) is 33.7 Å². The molecular formula is C15H19N3O5. The van der Waals surface area contributed by atoms with Crippen molar-refractivity contribution in [3.8, 4) is 6.07 Å². The highest BCUT2D eigenvalue weighted by Crippen LogP contribution is 2.05. The van der Waals surface area contributed by atoms with Gasteiger partial charge in [-0.05, 0) is 6.07 Å². The van der Waals surface area contributed by atoms with E-state index in [1.165, 1.54) is 23.9 Å². The molecule has 8 heteroatoms. The summed E-state index contributed by atoms with van der Waals surface area (Å²) in [5, 5.41) is 19.2. The predicted molar refractivity (Wildman–Crippen MR) is 80.0 cm³/mol. The number of aromatic nitrogens is 1. The molecule has 8 nitrogen and oxygen atoms in total. The van der Waals surface area contributed by atoms with Crippen LogP contribution in [0.4, 0.5) is 0 Å². The second-order valence-corrected chi connectivity index (χ2v) is 5.27. The van der Waals surface area contributed by atoms with Crippen LogP contribution in [0.15, 0.2) is 17.1 Å². The zero-order valence-electron chi connectivity index (χ0n) is 12.9. The molecule has 23 heavy (non-hydrogen) atoms. The third kappa shape index (κ3) is 4.39. The molecule has 0 bridgehead atoms. The average Bonchev–Trinajstić information content (AvgIpc) is 2.56. The van der Waals surface area contributed by atoms with Gasteiger partial charge in [-0.3, -0.25) is 9.69 Å². The molecule has 0 amide bonds. The van der Waals surface area contributed by atoms with Crippen LogP contribution >= 0.6 is 0 Å². The second kappa shape index (κ2) is 7.87. The van der Waals surface area contributed by atoms with E-state index in [2.05, 4.69) is 4.74 Å². The molecule has 0 aliphatic carbocycles. The SMILES string of the molecule is COC(=O)c1cc(C#N)c(=O)n(CC(O)CN2CCOCC2)c1. The number of pyridine rings is 1. The molecule has 0 spiro atoms. The smallest absolute Gasteiger partial charge is 0.339 e. The number of hydrogen-bond donors (Lipinski definition) is 1. The molecule has 1 aromatic heterocycles. The summed E-state index contributed by atoms with van der Waals surface area (Å²) in [5.41, 5.74) is -0.602. The van der Waals surface area contributed by atoms with E-state index in [1.54, 1.807) is 6.07 Å². The van der Waals surface area contributed by atoms with Gasteiger partial charge in [0.25, 0.3) is 5.56 Å². The molecule has 2 rings (SSSR count). The van der Waals surface area contributed by atoms with Crippen LogP contribution in [0, 0.1) is 11.3 Å². The van der Waals surface area contributed by atoms with Gasteiger partial charge in [0.1, 0.15) is 11.6 Å². The molecule has 1 fully saturated rings. The number of β-amino-alcohol motifs (C(OH)–C–C–N with tert-alkyl or cyclic N) is 1. The Kier molecular flexibility index (Phi) is 5.87. The molecule has 2 heterocycles. The van der Waals surface area contributed by atoms with Crippen LogP contribution in [0.3, 0.4) is 0 Å². The molecule has 124 valence electrons. The summed E-state index contributed by atoms with van der Waals surface area (Å²) in [4.78, 5) is 25.8. The number of carbonyl (C=O) groups is 1. The molecule has 1 N–H and O–H groups in total. The third-order valence-electron chi connectivity index (χ3n) is 3.61. The first-order valence-electron chi connectivity index (χ1n) is 7.26. The van der Waals surface area contributed by atoms with Crippen molar-refractivity contribution in [2.45, 2.75) is 12.6 Å². The van der Waals surface area contributed by atoms with Crippen LogP contribution in [-0.4, -0.2) is 66.6 Å². The molecule has 1 aromatic rings. The van der Waals surface area contributed by atoms with E-state index >= 15 is 0 Å². The Morgan fingerprint density at radius 2 is 2.17 bits per heavy atom. The summed E-state index contributed by atoms with van der Waals surface area (Å²) in [5.74, 6) is -0.641. The third-order valence-corrected chi connectivity index (χ3v) is 3.61. The maximum absolute atomic E-state index is 12.1. The Labute approximate surface area is 133 Å². The number of morpholine rings is 1. The largest absolute Gasteiger partial charge is 0.465 e. The Hall–Kier alpha value is -2.21. The number of nitriles is 1. The lowest BCUT2D eigenvalue weighted by atomic mass is 10.2. The Morgan fingerprint density at radius 1 is 1.48 bits per heavy atom. The van der Waals surface area contributed by atoms with Gasteiger partial charge < -0.3 is 19.1 Å². The number of esters is 1. The lowest BCUT2D eigenvalue weighted by Gasteiger charge is -2.28. The van der Waals surface area contributed by atoms with E-state index in [1.807, 2.05) is 4.90 Å². The van der Waals surface area contributed by atoms with Crippen LogP contribution < -0.4 is 5.56 Å². The first-order chi connectivity index (χ1) is 11.0. The van der Waals surface area contributed by atoms with Gasteiger partial charge in [-0.2, -0.15) is 5.26 Å². The van der Waals surface area contributed by atoms with E-state index in [9.17, 15) is 14.7 Å². The van der Waals surface area contributed by atoms with Gasteiger partial charge in [-0.25, -0.2) is 4.79 Å². The normalized spacial score (nSPS) is 16.6. The average molecular weight is 321 g/mol. The number of nitrogens with zero attached hydrogens (tertiary/aromatic N) is 3. The lowest BCUT2D eigenvalue weighted by molar-refractivity contribution is 0.0113. The Balaban J connectivity index is 2.15. The van der Waals surface area contributed by atoms with Crippen molar-refractivity contribution in [2.75, 3.05) is 40.0 Å². The maximum Gasteiger partial charge on any atom is 0.339 e. The summed E-state index contributed by atoms with van der Waals surface area (Å²) in [6.45, 7) is 3.05. The van der Waals surface area contributed by atoms with Crippen LogP contribution in [0.1, 0.15) is 15.9 Å². The summed E-state index contributed by atoms with van der Waals surface area (Å²) in [6, 6.07) is 2.95. The fraction of sp³-hybridized carbons (Fsp3) is 0.533. The van der Waals surface area contributed by atoms with Gasteiger partial charge in [0.2, 0.25) is 0 Å². The van der Waals surface area contributed by atoms with Crippen LogP contribution in [-0.2, 0) is 16.0 Å². The molecule has 1 aliphatic heterocycles. The second-order valence-electron chi connectivity index (χ2n) is 5.27. The number of aliphatic hydroxyl groups excluding tert-OH is 1. The monoisotopic (exact) mass is 321 g/mol. The van der Waals surface area contributed by atoms with Gasteiger partial charge in [-0.15, -0.1) is 0 Å². The van der Waals surface area contributed by atoms with Crippen LogP contribution in [0.2, 0.25) is 0 Å². The highest BCUT2D eigenvalue weighted by molar-refractivity contribution is 5.89. The van der Waals surface area contributed by atoms with E-state index in [0.29, 0.717) is 19.8 Å². The van der Waals surface area contributed by atoms with Gasteiger partial charge in [0, 0.05) is 25.8 Å². The van der Waals surface area contributed by atoms with Crippen molar-refractivity contribution < 1.29 is 19.4 Å². The minimum atomic E-state index is -0.801. The van der Waals surface area contributed by atoms with E-state index in [4.69, 9.17) is 10.00 Å². The maximum atomic E-state index is 12.1. The van der Waals surface area contributed by atoms with Crippen molar-refractivity contribution in [2.24, 2.45) is 0 Å². The predicted octanol–water partition coefficient (Wildman–Crippen LogP) is -0.800. The Morgan fingerprint density at radius 3 is 2.78 bits per heavy atom. The summed E-state index contributed by atoms with van der Waals surface area (Å²) in [7, 11) is 1.22. The molecule has 1 unspecified atom stereocenters. The molecule has 0 radical (unpaired) electrons. The number of hydrogen-bond acceptors (Lipinski definition) is 7. The van der Waals surface area contributed by atoms with Crippen LogP contribution in [0.5, 0.6) is 0 Å². The molecule has 1 saturated heterocycles. The van der Waals surface area contributed by atoms with Gasteiger partial charge in [-0.1, -0.05) is 0 Å². The van der Waals surface area contributed by atoms with E-state index in [-0.39, 0.29) is 17.7 Å². The van der Waals surface area contributed by atoms with E-state index < -0.39 is 17.6 Å².